The number of esters is 2. The van der Waals surface area contributed by atoms with Crippen molar-refractivity contribution in [2.75, 3.05) is 20.3 Å². The molecular weight excluding hydrogens is 498 g/mol. The molecular formula is C31H35NO7. The Morgan fingerprint density at radius 3 is 2.36 bits per heavy atom. The predicted octanol–water partition coefficient (Wildman–Crippen LogP) is 5.33. The SMILES string of the molecule is CCCOC(=O)C1=C(C)NC2=C(C(=O)C[C@H](c3ccc(OC)cc3)C2)[C@@H]1c1ccc(OC(C)=O)c(OCC)c1. The second-order valence-electron chi connectivity index (χ2n) is 9.66. The van der Waals surface area contributed by atoms with E-state index in [2.05, 4.69) is 5.32 Å². The average molecular weight is 534 g/mol. The molecule has 206 valence electrons. The van der Waals surface area contributed by atoms with Crippen molar-refractivity contribution < 1.29 is 33.3 Å². The number of rotatable bonds is 9. The zero-order valence-electron chi connectivity index (χ0n) is 23.1. The van der Waals surface area contributed by atoms with Crippen LogP contribution in [0.3, 0.4) is 0 Å². The summed E-state index contributed by atoms with van der Waals surface area (Å²) in [5.41, 5.74) is 4.11. The quantitative estimate of drug-likeness (QED) is 0.341. The van der Waals surface area contributed by atoms with Gasteiger partial charge in [-0.2, -0.15) is 0 Å². The molecule has 4 rings (SSSR count). The molecule has 0 aromatic heterocycles. The van der Waals surface area contributed by atoms with E-state index in [4.69, 9.17) is 18.9 Å². The predicted molar refractivity (Wildman–Crippen MR) is 146 cm³/mol. The highest BCUT2D eigenvalue weighted by Crippen LogP contribution is 2.47. The molecule has 0 saturated heterocycles. The van der Waals surface area contributed by atoms with Gasteiger partial charge in [0.2, 0.25) is 0 Å². The summed E-state index contributed by atoms with van der Waals surface area (Å²) in [5, 5.41) is 3.37. The van der Waals surface area contributed by atoms with Gasteiger partial charge in [-0.15, -0.1) is 0 Å². The minimum absolute atomic E-state index is 0.0120. The van der Waals surface area contributed by atoms with E-state index in [1.165, 1.54) is 6.92 Å². The molecule has 2 atom stereocenters. The van der Waals surface area contributed by atoms with Crippen LogP contribution < -0.4 is 19.5 Å². The topological polar surface area (TPSA) is 100 Å². The maximum atomic E-state index is 13.8. The fourth-order valence-corrected chi connectivity index (χ4v) is 5.24. The van der Waals surface area contributed by atoms with Gasteiger partial charge in [0.05, 0.1) is 25.9 Å². The second kappa shape index (κ2) is 12.2. The van der Waals surface area contributed by atoms with Crippen molar-refractivity contribution in [3.63, 3.8) is 0 Å². The molecule has 0 amide bonds. The number of Topliss-reactive ketones (excluding diaryl/α,β-unsaturated/α-hetero) is 1. The van der Waals surface area contributed by atoms with Crippen LogP contribution in [0.2, 0.25) is 0 Å². The number of benzene rings is 2. The molecule has 1 aliphatic heterocycles. The minimum Gasteiger partial charge on any atom is -0.497 e. The van der Waals surface area contributed by atoms with Gasteiger partial charge in [0, 0.05) is 36.2 Å². The van der Waals surface area contributed by atoms with Gasteiger partial charge in [0.1, 0.15) is 5.75 Å². The first-order valence-corrected chi connectivity index (χ1v) is 13.3. The number of methoxy groups -OCH3 is 1. The van der Waals surface area contributed by atoms with Gasteiger partial charge in [0.15, 0.2) is 17.3 Å². The molecule has 0 unspecified atom stereocenters. The van der Waals surface area contributed by atoms with E-state index < -0.39 is 17.9 Å². The van der Waals surface area contributed by atoms with Crippen LogP contribution in [0.4, 0.5) is 0 Å². The smallest absolute Gasteiger partial charge is 0.336 e. The summed E-state index contributed by atoms with van der Waals surface area (Å²) >= 11 is 0. The number of carbonyl (C=O) groups is 3. The number of hydrogen-bond donors (Lipinski definition) is 1. The Labute approximate surface area is 229 Å². The van der Waals surface area contributed by atoms with Crippen LogP contribution in [0.5, 0.6) is 17.2 Å². The lowest BCUT2D eigenvalue weighted by Gasteiger charge is -2.37. The standard InChI is InChI=1S/C31H35NO7/c1-6-14-38-31(35)28-18(3)32-24-15-22(20-8-11-23(36-5)12-9-20)16-25(34)30(24)29(28)21-10-13-26(39-19(4)33)27(17-21)37-7-2/h8-13,17,22,29,32H,6-7,14-16H2,1-5H3/t22-,29-/m1/s1. The third-order valence-corrected chi connectivity index (χ3v) is 6.93. The number of allylic oxidation sites excluding steroid dienone is 3. The molecule has 0 fully saturated rings. The maximum absolute atomic E-state index is 13.8. The lowest BCUT2D eigenvalue weighted by molar-refractivity contribution is -0.139. The van der Waals surface area contributed by atoms with Gasteiger partial charge in [-0.1, -0.05) is 25.1 Å². The Hall–Kier alpha value is -4.07. The van der Waals surface area contributed by atoms with E-state index in [9.17, 15) is 14.4 Å². The highest BCUT2D eigenvalue weighted by Gasteiger charge is 2.41. The highest BCUT2D eigenvalue weighted by molar-refractivity contribution is 6.04. The summed E-state index contributed by atoms with van der Waals surface area (Å²) in [7, 11) is 1.62. The summed E-state index contributed by atoms with van der Waals surface area (Å²) in [6.45, 7) is 7.53. The van der Waals surface area contributed by atoms with E-state index in [0.29, 0.717) is 54.0 Å². The number of ketones is 1. The number of carbonyl (C=O) groups excluding carboxylic acids is 3. The van der Waals surface area contributed by atoms with Crippen LogP contribution in [0, 0.1) is 0 Å². The second-order valence-corrected chi connectivity index (χ2v) is 9.66. The van der Waals surface area contributed by atoms with Gasteiger partial charge < -0.3 is 24.3 Å². The van der Waals surface area contributed by atoms with Gasteiger partial charge in [0.25, 0.3) is 0 Å². The lowest BCUT2D eigenvalue weighted by Crippen LogP contribution is -2.36. The molecule has 1 N–H and O–H groups in total. The highest BCUT2D eigenvalue weighted by atomic mass is 16.6. The molecule has 1 heterocycles. The first-order chi connectivity index (χ1) is 18.8. The third-order valence-electron chi connectivity index (χ3n) is 6.93. The first-order valence-electron chi connectivity index (χ1n) is 13.3. The largest absolute Gasteiger partial charge is 0.497 e. The van der Waals surface area contributed by atoms with Crippen molar-refractivity contribution in [2.24, 2.45) is 0 Å². The van der Waals surface area contributed by atoms with Crippen molar-refractivity contribution in [1.82, 2.24) is 5.32 Å². The molecule has 8 heteroatoms. The van der Waals surface area contributed by atoms with Gasteiger partial charge in [-0.3, -0.25) is 9.59 Å². The summed E-state index contributed by atoms with van der Waals surface area (Å²) in [6.07, 6.45) is 1.60. The van der Waals surface area contributed by atoms with Crippen LogP contribution in [0.1, 0.15) is 69.9 Å². The normalized spacial score (nSPS) is 18.7. The summed E-state index contributed by atoms with van der Waals surface area (Å²) in [4.78, 5) is 38.8. The van der Waals surface area contributed by atoms with E-state index in [-0.39, 0.29) is 24.1 Å². The van der Waals surface area contributed by atoms with E-state index in [0.717, 1.165) is 17.0 Å². The van der Waals surface area contributed by atoms with Crippen molar-refractivity contribution >= 4 is 17.7 Å². The van der Waals surface area contributed by atoms with Crippen LogP contribution in [-0.4, -0.2) is 38.0 Å². The lowest BCUT2D eigenvalue weighted by atomic mass is 9.71. The van der Waals surface area contributed by atoms with Crippen molar-refractivity contribution in [3.05, 3.63) is 76.1 Å². The molecule has 2 aliphatic rings. The van der Waals surface area contributed by atoms with Crippen LogP contribution in [0.25, 0.3) is 0 Å². The maximum Gasteiger partial charge on any atom is 0.336 e. The minimum atomic E-state index is -0.652. The zero-order valence-corrected chi connectivity index (χ0v) is 23.1. The molecule has 2 aromatic carbocycles. The summed E-state index contributed by atoms with van der Waals surface area (Å²) in [6, 6.07) is 12.9. The van der Waals surface area contributed by atoms with Crippen LogP contribution in [0.15, 0.2) is 65.0 Å². The molecule has 0 saturated carbocycles. The Balaban J connectivity index is 1.80. The Morgan fingerprint density at radius 2 is 1.72 bits per heavy atom. The van der Waals surface area contributed by atoms with E-state index in [1.807, 2.05) is 45.0 Å². The molecule has 2 aromatic rings. The fraction of sp³-hybridized carbons (Fsp3) is 0.387. The number of nitrogens with one attached hydrogen (secondary N) is 1. The van der Waals surface area contributed by atoms with Gasteiger partial charge in [-0.25, -0.2) is 4.79 Å². The monoisotopic (exact) mass is 533 g/mol. The Bertz CT molecular complexity index is 1320. The molecule has 0 bridgehead atoms. The van der Waals surface area contributed by atoms with Gasteiger partial charge >= 0.3 is 11.9 Å². The van der Waals surface area contributed by atoms with Crippen LogP contribution >= 0.6 is 0 Å². The summed E-state index contributed by atoms with van der Waals surface area (Å²) < 4.78 is 21.9. The summed E-state index contributed by atoms with van der Waals surface area (Å²) in [5.74, 6) is -0.237. The Morgan fingerprint density at radius 1 is 1.00 bits per heavy atom. The third kappa shape index (κ3) is 6.00. The first kappa shape index (κ1) is 28.0. The Kier molecular flexibility index (Phi) is 8.74. The van der Waals surface area contributed by atoms with Crippen LogP contribution in [-0.2, 0) is 19.1 Å². The number of ether oxygens (including phenoxy) is 4. The van der Waals surface area contributed by atoms with Crippen molar-refractivity contribution in [2.45, 2.75) is 58.8 Å². The van der Waals surface area contributed by atoms with Gasteiger partial charge in [-0.05, 0) is 68.0 Å². The molecule has 0 radical (unpaired) electrons. The molecule has 1 aliphatic carbocycles. The number of hydrogen-bond acceptors (Lipinski definition) is 8. The molecule has 39 heavy (non-hydrogen) atoms. The van der Waals surface area contributed by atoms with Crippen molar-refractivity contribution in [3.8, 4) is 17.2 Å². The van der Waals surface area contributed by atoms with Crippen molar-refractivity contribution in [1.29, 1.82) is 0 Å². The molecule has 0 spiro atoms. The fourth-order valence-electron chi connectivity index (χ4n) is 5.24. The molecule has 8 nitrogen and oxygen atoms in total. The van der Waals surface area contributed by atoms with E-state index >= 15 is 0 Å². The van der Waals surface area contributed by atoms with E-state index in [1.54, 1.807) is 25.3 Å². The average Bonchev–Trinajstić information content (AvgIpc) is 2.91. The zero-order chi connectivity index (χ0) is 28.1. The number of dihydropyridines is 1.